The Hall–Kier alpha value is -0.380. The Bertz CT molecular complexity index is 323. The Morgan fingerprint density at radius 2 is 2.27 bits per heavy atom. The Balaban J connectivity index is 1.84. The van der Waals surface area contributed by atoms with Crippen LogP contribution in [0.3, 0.4) is 0 Å². The highest BCUT2D eigenvalue weighted by atomic mass is 79.9. The van der Waals surface area contributed by atoms with Crippen LogP contribution in [0.25, 0.3) is 0 Å². The number of rotatable bonds is 4. The van der Waals surface area contributed by atoms with Gasteiger partial charge in [0.15, 0.2) is 0 Å². The van der Waals surface area contributed by atoms with Crippen molar-refractivity contribution in [3.8, 4) is 0 Å². The second kappa shape index (κ2) is 5.10. The van der Waals surface area contributed by atoms with Gasteiger partial charge in [-0.1, -0.05) is 28.1 Å². The van der Waals surface area contributed by atoms with Crippen LogP contribution in [-0.4, -0.2) is 12.6 Å². The molecule has 0 radical (unpaired) electrons. The van der Waals surface area contributed by atoms with Gasteiger partial charge in [0.05, 0.1) is 6.61 Å². The summed E-state index contributed by atoms with van der Waals surface area (Å²) < 4.78 is 1.17. The number of hydrogen-bond acceptors (Lipinski definition) is 2. The molecule has 1 saturated carbocycles. The van der Waals surface area contributed by atoms with Gasteiger partial charge < -0.3 is 4.84 Å². The van der Waals surface area contributed by atoms with Crippen LogP contribution in [0.4, 0.5) is 0 Å². The van der Waals surface area contributed by atoms with Crippen LogP contribution in [0.15, 0.2) is 28.7 Å². The first-order valence-electron chi connectivity index (χ1n) is 5.42. The molecule has 82 valence electrons. The van der Waals surface area contributed by atoms with Crippen LogP contribution < -0.4 is 5.48 Å². The zero-order valence-electron chi connectivity index (χ0n) is 8.87. The molecule has 0 amide bonds. The third kappa shape index (κ3) is 2.80. The quantitative estimate of drug-likeness (QED) is 0.848. The molecule has 0 aromatic heterocycles. The maximum Gasteiger partial charge on any atom is 0.0654 e. The van der Waals surface area contributed by atoms with Gasteiger partial charge in [-0.05, 0) is 43.4 Å². The molecule has 1 aliphatic carbocycles. The van der Waals surface area contributed by atoms with Gasteiger partial charge in [-0.25, -0.2) is 0 Å². The molecule has 15 heavy (non-hydrogen) atoms. The van der Waals surface area contributed by atoms with Crippen molar-refractivity contribution in [2.75, 3.05) is 6.61 Å². The largest absolute Gasteiger partial charge is 0.302 e. The molecule has 1 aromatic rings. The molecule has 0 bridgehead atoms. The Labute approximate surface area is 99.1 Å². The zero-order valence-corrected chi connectivity index (χ0v) is 10.5. The van der Waals surface area contributed by atoms with E-state index in [1.54, 1.807) is 0 Å². The van der Waals surface area contributed by atoms with Crippen molar-refractivity contribution >= 4 is 15.9 Å². The summed E-state index contributed by atoms with van der Waals surface area (Å²) in [4.78, 5) is 5.19. The molecule has 0 aliphatic heterocycles. The summed E-state index contributed by atoms with van der Waals surface area (Å²) in [6.45, 7) is 2.73. The molecule has 0 saturated heterocycles. The van der Waals surface area contributed by atoms with E-state index in [0.29, 0.717) is 12.0 Å². The summed E-state index contributed by atoms with van der Waals surface area (Å²) in [5.41, 5.74) is 4.50. The van der Waals surface area contributed by atoms with Crippen molar-refractivity contribution in [2.24, 2.45) is 0 Å². The third-order valence-electron chi connectivity index (χ3n) is 2.85. The fraction of sp³-hybridized carbons (Fsp3) is 0.500. The second-order valence-corrected chi connectivity index (χ2v) is 4.89. The van der Waals surface area contributed by atoms with Crippen LogP contribution in [0, 0.1) is 0 Å². The number of hydrogen-bond donors (Lipinski definition) is 1. The maximum atomic E-state index is 5.19. The van der Waals surface area contributed by atoms with Crippen molar-refractivity contribution in [3.63, 3.8) is 0 Å². The minimum Gasteiger partial charge on any atom is -0.302 e. The average Bonchev–Trinajstić information content (AvgIpc) is 2.16. The van der Waals surface area contributed by atoms with E-state index in [2.05, 4.69) is 45.7 Å². The van der Waals surface area contributed by atoms with Gasteiger partial charge in [0.1, 0.15) is 0 Å². The summed E-state index contributed by atoms with van der Waals surface area (Å²) in [5, 5.41) is 0. The van der Waals surface area contributed by atoms with Crippen LogP contribution in [0.1, 0.15) is 31.2 Å². The number of nitrogens with one attached hydrogen (secondary N) is 1. The lowest BCUT2D eigenvalue weighted by molar-refractivity contribution is -0.00157. The van der Waals surface area contributed by atoms with E-state index in [1.807, 2.05) is 6.92 Å². The topological polar surface area (TPSA) is 21.3 Å². The minimum atomic E-state index is 0.536. The van der Waals surface area contributed by atoms with Crippen molar-refractivity contribution < 1.29 is 4.84 Å². The summed E-state index contributed by atoms with van der Waals surface area (Å²) >= 11 is 3.50. The van der Waals surface area contributed by atoms with Crippen molar-refractivity contribution in [3.05, 3.63) is 34.3 Å². The van der Waals surface area contributed by atoms with E-state index in [4.69, 9.17) is 4.84 Å². The SMILES string of the molecule is CCONC1CC(c2cccc(Br)c2)C1. The van der Waals surface area contributed by atoms with E-state index in [0.717, 1.165) is 6.61 Å². The molecule has 3 heteroatoms. The first-order valence-corrected chi connectivity index (χ1v) is 6.21. The summed E-state index contributed by atoms with van der Waals surface area (Å²) in [5.74, 6) is 0.695. The lowest BCUT2D eigenvalue weighted by Crippen LogP contribution is -2.39. The molecule has 0 spiro atoms. The van der Waals surface area contributed by atoms with E-state index >= 15 is 0 Å². The highest BCUT2D eigenvalue weighted by molar-refractivity contribution is 9.10. The molecule has 1 fully saturated rings. The normalized spacial score (nSPS) is 24.9. The Kier molecular flexibility index (Phi) is 3.78. The molecular formula is C12H16BrNO. The van der Waals surface area contributed by atoms with Crippen LogP contribution in [-0.2, 0) is 4.84 Å². The summed E-state index contributed by atoms with van der Waals surface area (Å²) in [6, 6.07) is 9.11. The third-order valence-corrected chi connectivity index (χ3v) is 3.35. The number of halogens is 1. The predicted molar refractivity (Wildman–Crippen MR) is 64.7 cm³/mol. The molecular weight excluding hydrogens is 254 g/mol. The number of benzene rings is 1. The molecule has 1 aromatic carbocycles. The molecule has 1 N–H and O–H groups in total. The van der Waals surface area contributed by atoms with E-state index in [-0.39, 0.29) is 0 Å². The van der Waals surface area contributed by atoms with E-state index < -0.39 is 0 Å². The van der Waals surface area contributed by atoms with Crippen molar-refractivity contribution in [1.29, 1.82) is 0 Å². The van der Waals surface area contributed by atoms with Gasteiger partial charge in [0.25, 0.3) is 0 Å². The average molecular weight is 270 g/mol. The first-order chi connectivity index (χ1) is 7.29. The second-order valence-electron chi connectivity index (χ2n) is 3.97. The number of hydroxylamine groups is 1. The molecule has 0 unspecified atom stereocenters. The molecule has 2 rings (SSSR count). The zero-order chi connectivity index (χ0) is 10.7. The minimum absolute atomic E-state index is 0.536. The Morgan fingerprint density at radius 1 is 1.47 bits per heavy atom. The first kappa shape index (κ1) is 11.1. The van der Waals surface area contributed by atoms with E-state index in [1.165, 1.54) is 22.9 Å². The lowest BCUT2D eigenvalue weighted by atomic mass is 9.76. The van der Waals surface area contributed by atoms with Crippen LogP contribution >= 0.6 is 15.9 Å². The summed E-state index contributed by atoms with van der Waals surface area (Å²) in [7, 11) is 0. The van der Waals surface area contributed by atoms with Crippen LogP contribution in [0.2, 0.25) is 0 Å². The standard InChI is InChI=1S/C12H16BrNO/c1-2-15-14-12-7-10(8-12)9-4-3-5-11(13)6-9/h3-6,10,12,14H,2,7-8H2,1H3. The van der Waals surface area contributed by atoms with Gasteiger partial charge >= 0.3 is 0 Å². The Morgan fingerprint density at radius 3 is 2.93 bits per heavy atom. The van der Waals surface area contributed by atoms with Gasteiger partial charge in [-0.15, -0.1) is 0 Å². The highest BCUT2D eigenvalue weighted by Gasteiger charge is 2.30. The summed E-state index contributed by atoms with van der Waals surface area (Å²) in [6.07, 6.45) is 2.35. The van der Waals surface area contributed by atoms with Crippen molar-refractivity contribution in [2.45, 2.75) is 31.7 Å². The van der Waals surface area contributed by atoms with Gasteiger partial charge in [0.2, 0.25) is 0 Å². The molecule has 2 nitrogen and oxygen atoms in total. The molecule has 0 atom stereocenters. The van der Waals surface area contributed by atoms with Gasteiger partial charge in [0, 0.05) is 10.5 Å². The predicted octanol–water partition coefficient (Wildman–Crippen LogP) is 3.24. The van der Waals surface area contributed by atoms with Gasteiger partial charge in [-0.3, -0.25) is 0 Å². The molecule has 0 heterocycles. The molecule has 1 aliphatic rings. The van der Waals surface area contributed by atoms with E-state index in [9.17, 15) is 0 Å². The fourth-order valence-electron chi connectivity index (χ4n) is 1.95. The smallest absolute Gasteiger partial charge is 0.0654 e. The van der Waals surface area contributed by atoms with Crippen molar-refractivity contribution in [1.82, 2.24) is 5.48 Å². The monoisotopic (exact) mass is 269 g/mol. The fourth-order valence-corrected chi connectivity index (χ4v) is 2.36. The highest BCUT2D eigenvalue weighted by Crippen LogP contribution is 2.37. The maximum absolute atomic E-state index is 5.19. The van der Waals surface area contributed by atoms with Crippen LogP contribution in [0.5, 0.6) is 0 Å². The lowest BCUT2D eigenvalue weighted by Gasteiger charge is -2.35. The van der Waals surface area contributed by atoms with Gasteiger partial charge in [-0.2, -0.15) is 5.48 Å².